The van der Waals surface area contributed by atoms with Gasteiger partial charge in [-0.2, -0.15) is 0 Å². The van der Waals surface area contributed by atoms with Gasteiger partial charge in [0.25, 0.3) is 0 Å². The molecule has 0 saturated heterocycles. The third-order valence-electron chi connectivity index (χ3n) is 1.21. The van der Waals surface area contributed by atoms with Crippen molar-refractivity contribution < 1.29 is 17.7 Å². The zero-order valence-corrected chi connectivity index (χ0v) is 8.51. The van der Waals surface area contributed by atoms with Gasteiger partial charge in [-0.3, -0.25) is 0 Å². The van der Waals surface area contributed by atoms with Gasteiger partial charge >= 0.3 is 76.9 Å². The molecule has 0 aliphatic heterocycles. The molecule has 0 unspecified atom stereocenters. The Kier molecular flexibility index (Phi) is 3.02. The molecule has 1 heterocycles. The first-order chi connectivity index (χ1) is 5.55. The Bertz CT molecular complexity index is 258. The maximum absolute atomic E-state index is 12.1. The van der Waals surface area contributed by atoms with Gasteiger partial charge < -0.3 is 0 Å². The van der Waals surface area contributed by atoms with Gasteiger partial charge in [0, 0.05) is 0 Å². The van der Waals surface area contributed by atoms with E-state index in [0.29, 0.717) is 4.47 Å². The van der Waals surface area contributed by atoms with E-state index in [1.165, 1.54) is 0 Å². The van der Waals surface area contributed by atoms with Crippen molar-refractivity contribution in [1.29, 1.82) is 0 Å². The van der Waals surface area contributed by atoms with Crippen LogP contribution in [0.25, 0.3) is 0 Å². The summed E-state index contributed by atoms with van der Waals surface area (Å²) < 4.78 is 41.0. The topological polar surface area (TPSA) is 26.0 Å². The molecule has 0 saturated carbocycles. The first-order valence-electron chi connectivity index (χ1n) is 3.05. The van der Waals surface area contributed by atoms with Gasteiger partial charge in [-0.15, -0.1) is 0 Å². The van der Waals surface area contributed by atoms with Gasteiger partial charge in [0.15, 0.2) is 0 Å². The van der Waals surface area contributed by atoms with Crippen LogP contribution in [0.15, 0.2) is 10.8 Å². The summed E-state index contributed by atoms with van der Waals surface area (Å²) in [5.74, 6) is 0. The summed E-state index contributed by atoms with van der Waals surface area (Å²) in [5, 5.41) is 2.93. The molecule has 0 N–H and O–H groups in total. The summed E-state index contributed by atoms with van der Waals surface area (Å²) in [6.45, 7) is 0. The van der Waals surface area contributed by atoms with Crippen molar-refractivity contribution >= 4 is 20.9 Å². The van der Waals surface area contributed by atoms with E-state index < -0.39 is 11.9 Å². The van der Waals surface area contributed by atoms with E-state index in [4.69, 9.17) is 0 Å². The molecular formula is C6H6F3NOTe. The van der Waals surface area contributed by atoms with E-state index >= 15 is 0 Å². The molecule has 0 spiro atoms. The summed E-state index contributed by atoms with van der Waals surface area (Å²) >= 11 is -0.365. The Labute approximate surface area is 77.2 Å². The summed E-state index contributed by atoms with van der Waals surface area (Å²) in [5.41, 5.74) is -0.679. The molecule has 0 aliphatic rings. The van der Waals surface area contributed by atoms with E-state index in [1.807, 2.05) is 4.97 Å². The molecule has 68 valence electrons. The van der Waals surface area contributed by atoms with Crippen LogP contribution in [-0.2, 0) is 10.6 Å². The molecule has 6 heteroatoms. The van der Waals surface area contributed by atoms with Crippen LogP contribution < -0.4 is 0 Å². The van der Waals surface area contributed by atoms with Crippen LogP contribution in [0.1, 0.15) is 11.3 Å². The molecule has 0 atom stereocenters. The molecule has 1 rings (SSSR count). The van der Waals surface area contributed by atoms with E-state index in [-0.39, 0.29) is 26.5 Å². The Morgan fingerprint density at radius 1 is 1.58 bits per heavy atom. The van der Waals surface area contributed by atoms with E-state index in [1.54, 1.807) is 0 Å². The third-order valence-corrected chi connectivity index (χ3v) is 2.92. The summed E-state index contributed by atoms with van der Waals surface area (Å²) in [6.07, 6.45) is -3.29. The number of hydrogen-bond acceptors (Lipinski definition) is 2. The molecule has 0 aliphatic carbocycles. The average Bonchev–Trinajstić information content (AvgIpc) is 2.34. The summed E-state index contributed by atoms with van der Waals surface area (Å²) in [6, 6.07) is 0. The fourth-order valence-electron chi connectivity index (χ4n) is 0.749. The second-order valence-electron chi connectivity index (χ2n) is 2.12. The van der Waals surface area contributed by atoms with Gasteiger partial charge in [0.1, 0.15) is 0 Å². The van der Waals surface area contributed by atoms with Gasteiger partial charge in [0.2, 0.25) is 0 Å². The molecule has 12 heavy (non-hydrogen) atoms. The molecule has 1 aromatic rings. The Morgan fingerprint density at radius 3 is 2.75 bits per heavy atom. The number of nitrogens with zero attached hydrogens (tertiary/aromatic N) is 1. The van der Waals surface area contributed by atoms with Crippen LogP contribution in [0.2, 0.25) is 4.97 Å². The second kappa shape index (κ2) is 3.67. The average molecular weight is 293 g/mol. The van der Waals surface area contributed by atoms with Crippen LogP contribution >= 0.6 is 0 Å². The molecule has 0 aromatic carbocycles. The van der Waals surface area contributed by atoms with Crippen LogP contribution in [0.5, 0.6) is 0 Å². The standard InChI is InChI=1S/C6H6F3NOTe/c1-12-3-4-2-11-10-5(4)6(7,8)9/h2H,3H2,1H3. The van der Waals surface area contributed by atoms with Crippen LogP contribution in [0, 0.1) is 0 Å². The number of hydrogen-bond donors (Lipinski definition) is 0. The maximum atomic E-state index is 12.1. The molecule has 0 fully saturated rings. The van der Waals surface area contributed by atoms with Crippen molar-refractivity contribution in [3.63, 3.8) is 0 Å². The van der Waals surface area contributed by atoms with Gasteiger partial charge in [-0.05, 0) is 0 Å². The first kappa shape index (κ1) is 9.87. The van der Waals surface area contributed by atoms with Crippen LogP contribution in [0.3, 0.4) is 0 Å². The molecule has 2 nitrogen and oxygen atoms in total. The minimum absolute atomic E-state index is 0.187. The quantitative estimate of drug-likeness (QED) is 0.779. The van der Waals surface area contributed by atoms with Gasteiger partial charge in [0.05, 0.1) is 0 Å². The monoisotopic (exact) mass is 295 g/mol. The van der Waals surface area contributed by atoms with Crippen molar-refractivity contribution in [3.8, 4) is 0 Å². The molecule has 1 aromatic heterocycles. The molecule has 0 amide bonds. The first-order valence-corrected chi connectivity index (χ1v) is 7.03. The third kappa shape index (κ3) is 2.14. The minimum atomic E-state index is -4.37. The number of rotatable bonds is 2. The number of alkyl halides is 3. The van der Waals surface area contributed by atoms with Crippen molar-refractivity contribution in [3.05, 3.63) is 17.5 Å². The number of aromatic nitrogens is 1. The zero-order chi connectivity index (χ0) is 9.19. The molecule has 0 bridgehead atoms. The zero-order valence-electron chi connectivity index (χ0n) is 6.18. The van der Waals surface area contributed by atoms with E-state index in [0.717, 1.165) is 6.26 Å². The van der Waals surface area contributed by atoms with Crippen molar-refractivity contribution in [2.45, 2.75) is 15.6 Å². The predicted octanol–water partition coefficient (Wildman–Crippen LogP) is 1.95. The SMILES string of the molecule is C[Te]Cc1conc1C(F)(F)F. The second-order valence-corrected chi connectivity index (χ2v) is 4.59. The predicted molar refractivity (Wildman–Crippen MR) is 36.8 cm³/mol. The fraction of sp³-hybridized carbons (Fsp3) is 0.500. The molecule has 0 radical (unpaired) electrons. The van der Waals surface area contributed by atoms with E-state index in [9.17, 15) is 13.2 Å². The van der Waals surface area contributed by atoms with Gasteiger partial charge in [-0.25, -0.2) is 0 Å². The van der Waals surface area contributed by atoms with E-state index in [2.05, 4.69) is 9.68 Å². The fourth-order valence-corrected chi connectivity index (χ4v) is 2.22. The summed E-state index contributed by atoms with van der Waals surface area (Å²) in [4.78, 5) is 1.93. The summed E-state index contributed by atoms with van der Waals surface area (Å²) in [7, 11) is 0. The Morgan fingerprint density at radius 2 is 2.25 bits per heavy atom. The van der Waals surface area contributed by atoms with Crippen molar-refractivity contribution in [2.75, 3.05) is 0 Å². The van der Waals surface area contributed by atoms with Crippen LogP contribution in [0.4, 0.5) is 13.2 Å². The molecular weight excluding hydrogens is 287 g/mol. The normalized spacial score (nSPS) is 12.0. The van der Waals surface area contributed by atoms with Crippen LogP contribution in [-0.4, -0.2) is 26.1 Å². The van der Waals surface area contributed by atoms with Crippen molar-refractivity contribution in [2.24, 2.45) is 0 Å². The van der Waals surface area contributed by atoms with Gasteiger partial charge in [-0.1, -0.05) is 0 Å². The Hall–Kier alpha value is -0.210. The Balaban J connectivity index is 2.91. The van der Waals surface area contributed by atoms with Crippen molar-refractivity contribution in [1.82, 2.24) is 5.16 Å². The number of halogens is 3.